The van der Waals surface area contributed by atoms with Crippen molar-refractivity contribution in [3.63, 3.8) is 0 Å². The Kier molecular flexibility index (Phi) is 7.16. The first-order valence-corrected chi connectivity index (χ1v) is 10.7. The van der Waals surface area contributed by atoms with E-state index in [-0.39, 0.29) is 11.3 Å². The summed E-state index contributed by atoms with van der Waals surface area (Å²) in [5.41, 5.74) is 3.79. The van der Waals surface area contributed by atoms with Crippen molar-refractivity contribution in [2.75, 3.05) is 13.7 Å². The smallest absolute Gasteiger partial charge is 0.344 e. The number of benzene rings is 1. The number of hydrogen-bond donors (Lipinski definition) is 0. The molecule has 0 unspecified atom stereocenters. The molecule has 0 fully saturated rings. The lowest BCUT2D eigenvalue weighted by Gasteiger charge is -2.11. The minimum atomic E-state index is -0.819. The normalized spacial score (nSPS) is 10.8. The van der Waals surface area contributed by atoms with Crippen molar-refractivity contribution < 1.29 is 19.1 Å². The van der Waals surface area contributed by atoms with E-state index in [2.05, 4.69) is 9.67 Å². The SMILES string of the molecule is COc1ccc(CCn2c(C)cc(C(=O)COC(=O)c3c(C)c(C)nn(C)c3=O)c2C)cc1. The number of ether oxygens (including phenoxy) is 2. The molecule has 8 heteroatoms. The predicted octanol–water partition coefficient (Wildman–Crippen LogP) is 3.11. The third-order valence-corrected chi connectivity index (χ3v) is 5.92. The Morgan fingerprint density at radius 2 is 1.73 bits per heavy atom. The number of methoxy groups -OCH3 is 1. The van der Waals surface area contributed by atoms with E-state index in [1.807, 2.05) is 38.1 Å². The van der Waals surface area contributed by atoms with E-state index in [0.29, 0.717) is 23.4 Å². The molecule has 0 N–H and O–H groups in total. The highest BCUT2D eigenvalue weighted by molar-refractivity contribution is 6.00. The van der Waals surface area contributed by atoms with Gasteiger partial charge >= 0.3 is 5.97 Å². The first-order chi connectivity index (χ1) is 15.6. The summed E-state index contributed by atoms with van der Waals surface area (Å²) in [6.07, 6.45) is 0.799. The third-order valence-electron chi connectivity index (χ3n) is 5.92. The minimum absolute atomic E-state index is 0.0947. The number of nitrogens with zero attached hydrogens (tertiary/aromatic N) is 3. The van der Waals surface area contributed by atoms with Crippen LogP contribution in [0.4, 0.5) is 0 Å². The molecule has 1 aromatic carbocycles. The maximum Gasteiger partial charge on any atom is 0.344 e. The first kappa shape index (κ1) is 24.0. The molecule has 2 aromatic heterocycles. The summed E-state index contributed by atoms with van der Waals surface area (Å²) in [5, 5.41) is 4.05. The Hall–Kier alpha value is -3.68. The molecule has 0 radical (unpaired) electrons. The molecule has 0 saturated heterocycles. The van der Waals surface area contributed by atoms with Gasteiger partial charge in [0.15, 0.2) is 6.61 Å². The Morgan fingerprint density at radius 3 is 2.36 bits per heavy atom. The fourth-order valence-electron chi connectivity index (χ4n) is 3.83. The summed E-state index contributed by atoms with van der Waals surface area (Å²) in [6, 6.07) is 9.69. The van der Waals surface area contributed by atoms with Crippen LogP contribution in [0.5, 0.6) is 5.75 Å². The van der Waals surface area contributed by atoms with Crippen LogP contribution in [-0.4, -0.2) is 39.8 Å². The second kappa shape index (κ2) is 9.85. The van der Waals surface area contributed by atoms with Gasteiger partial charge in [0, 0.05) is 30.5 Å². The molecule has 0 aliphatic rings. The van der Waals surface area contributed by atoms with Gasteiger partial charge in [-0.3, -0.25) is 9.59 Å². The molecule has 33 heavy (non-hydrogen) atoms. The van der Waals surface area contributed by atoms with Crippen LogP contribution in [-0.2, 0) is 24.8 Å². The summed E-state index contributed by atoms with van der Waals surface area (Å²) in [5.74, 6) is -0.322. The lowest BCUT2D eigenvalue weighted by molar-refractivity contribution is 0.0470. The van der Waals surface area contributed by atoms with Gasteiger partial charge in [-0.25, -0.2) is 9.48 Å². The maximum atomic E-state index is 12.8. The molecule has 0 aliphatic carbocycles. The quantitative estimate of drug-likeness (QED) is 0.386. The first-order valence-electron chi connectivity index (χ1n) is 10.7. The predicted molar refractivity (Wildman–Crippen MR) is 124 cm³/mol. The third kappa shape index (κ3) is 5.05. The lowest BCUT2D eigenvalue weighted by atomic mass is 10.1. The maximum absolute atomic E-state index is 12.8. The molecule has 0 aliphatic heterocycles. The van der Waals surface area contributed by atoms with E-state index in [1.165, 1.54) is 7.05 Å². The topological polar surface area (TPSA) is 92.4 Å². The number of aromatic nitrogens is 3. The number of ketones is 1. The lowest BCUT2D eigenvalue weighted by Crippen LogP contribution is -2.30. The van der Waals surface area contributed by atoms with Crippen molar-refractivity contribution in [1.29, 1.82) is 0 Å². The van der Waals surface area contributed by atoms with Gasteiger partial charge in [-0.05, 0) is 63.4 Å². The molecule has 2 heterocycles. The summed E-state index contributed by atoms with van der Waals surface area (Å²) in [6.45, 7) is 7.43. The van der Waals surface area contributed by atoms with Crippen molar-refractivity contribution in [2.24, 2.45) is 7.05 Å². The van der Waals surface area contributed by atoms with Crippen molar-refractivity contribution in [2.45, 2.75) is 40.7 Å². The van der Waals surface area contributed by atoms with Gasteiger partial charge in [-0.15, -0.1) is 0 Å². The number of esters is 1. The Balaban J connectivity index is 1.70. The van der Waals surface area contributed by atoms with Crippen LogP contribution in [0, 0.1) is 27.7 Å². The standard InChI is InChI=1S/C25H29N3O5/c1-15-13-21(18(4)28(15)12-11-19-7-9-20(32-6)10-8-19)22(29)14-33-25(31)23-16(2)17(3)26-27(5)24(23)30/h7-10,13H,11-12,14H2,1-6H3. The number of hydrogen-bond acceptors (Lipinski definition) is 6. The number of rotatable bonds is 8. The van der Waals surface area contributed by atoms with Crippen molar-refractivity contribution in [3.8, 4) is 5.75 Å². The summed E-state index contributed by atoms with van der Waals surface area (Å²) in [7, 11) is 3.10. The average Bonchev–Trinajstić information content (AvgIpc) is 3.08. The number of carbonyl (C=O) groups is 2. The van der Waals surface area contributed by atoms with E-state index in [0.717, 1.165) is 33.8 Å². The number of Topliss-reactive ketones (excluding diaryl/α,β-unsaturated/α-hetero) is 1. The molecule has 0 saturated carbocycles. The highest BCUT2D eigenvalue weighted by Gasteiger charge is 2.22. The van der Waals surface area contributed by atoms with E-state index >= 15 is 0 Å². The summed E-state index contributed by atoms with van der Waals surface area (Å²) in [4.78, 5) is 37.7. The van der Waals surface area contributed by atoms with Crippen LogP contribution in [0.15, 0.2) is 35.1 Å². The molecule has 3 aromatic rings. The monoisotopic (exact) mass is 451 g/mol. The van der Waals surface area contributed by atoms with E-state index < -0.39 is 18.1 Å². The van der Waals surface area contributed by atoms with E-state index in [4.69, 9.17) is 9.47 Å². The molecule has 0 spiro atoms. The van der Waals surface area contributed by atoms with Crippen molar-refractivity contribution in [3.05, 3.63) is 80.0 Å². The van der Waals surface area contributed by atoms with Crippen LogP contribution in [0.3, 0.4) is 0 Å². The van der Waals surface area contributed by atoms with Crippen molar-refractivity contribution >= 4 is 11.8 Å². The Labute approximate surface area is 192 Å². The molecule has 174 valence electrons. The molecular weight excluding hydrogens is 422 g/mol. The van der Waals surface area contributed by atoms with Crippen molar-refractivity contribution in [1.82, 2.24) is 14.3 Å². The van der Waals surface area contributed by atoms with E-state index in [9.17, 15) is 14.4 Å². The number of aryl methyl sites for hydroxylation is 4. The van der Waals surface area contributed by atoms with Crippen LogP contribution >= 0.6 is 0 Å². The van der Waals surface area contributed by atoms with Gasteiger partial charge in [0.05, 0.1) is 12.8 Å². The second-order valence-corrected chi connectivity index (χ2v) is 8.05. The van der Waals surface area contributed by atoms with Crippen LogP contribution in [0.1, 0.15) is 48.9 Å². The van der Waals surface area contributed by atoms with Crippen LogP contribution < -0.4 is 10.3 Å². The molecule has 8 nitrogen and oxygen atoms in total. The number of carbonyl (C=O) groups excluding carboxylic acids is 2. The molecule has 0 atom stereocenters. The zero-order valence-corrected chi connectivity index (χ0v) is 19.9. The van der Waals surface area contributed by atoms with Gasteiger partial charge in [0.25, 0.3) is 5.56 Å². The largest absolute Gasteiger partial charge is 0.497 e. The summed E-state index contributed by atoms with van der Waals surface area (Å²) < 4.78 is 13.6. The fraction of sp³-hybridized carbons (Fsp3) is 0.360. The Bertz CT molecular complexity index is 1250. The minimum Gasteiger partial charge on any atom is -0.497 e. The van der Waals surface area contributed by atoms with Gasteiger partial charge in [-0.2, -0.15) is 5.10 Å². The molecule has 0 bridgehead atoms. The zero-order chi connectivity index (χ0) is 24.3. The zero-order valence-electron chi connectivity index (χ0n) is 19.9. The molecular formula is C25H29N3O5. The molecule has 3 rings (SSSR count). The van der Waals surface area contributed by atoms with Gasteiger partial charge in [0.2, 0.25) is 5.78 Å². The fourth-order valence-corrected chi connectivity index (χ4v) is 3.83. The average molecular weight is 452 g/mol. The van der Waals surface area contributed by atoms with Gasteiger partial charge < -0.3 is 14.0 Å². The van der Waals surface area contributed by atoms with Crippen LogP contribution in [0.25, 0.3) is 0 Å². The highest BCUT2D eigenvalue weighted by atomic mass is 16.5. The highest BCUT2D eigenvalue weighted by Crippen LogP contribution is 2.18. The van der Waals surface area contributed by atoms with E-state index in [1.54, 1.807) is 27.0 Å². The molecule has 0 amide bonds. The van der Waals surface area contributed by atoms with Crippen LogP contribution in [0.2, 0.25) is 0 Å². The van der Waals surface area contributed by atoms with Gasteiger partial charge in [-0.1, -0.05) is 12.1 Å². The second-order valence-electron chi connectivity index (χ2n) is 8.05. The van der Waals surface area contributed by atoms with Gasteiger partial charge in [0.1, 0.15) is 11.3 Å². The summed E-state index contributed by atoms with van der Waals surface area (Å²) >= 11 is 0. The Morgan fingerprint density at radius 1 is 1.06 bits per heavy atom.